The maximum absolute atomic E-state index is 11.0. The van der Waals surface area contributed by atoms with Crippen molar-refractivity contribution in [1.82, 2.24) is 4.98 Å². The molecular formula is C18H14N2O4. The Morgan fingerprint density at radius 2 is 1.42 bits per heavy atom. The zero-order valence-electron chi connectivity index (χ0n) is 12.9. The minimum absolute atomic E-state index is 0.0466. The number of rotatable bonds is 5. The van der Waals surface area contributed by atoms with E-state index in [0.29, 0.717) is 11.5 Å². The molecule has 0 aliphatic rings. The molecule has 2 aromatic carbocycles. The normalized spacial score (nSPS) is 10.2. The number of benzene rings is 2. The third-order valence-corrected chi connectivity index (χ3v) is 3.24. The van der Waals surface area contributed by atoms with Gasteiger partial charge in [-0.15, -0.1) is 0 Å². The molecule has 0 amide bonds. The molecule has 120 valence electrons. The van der Waals surface area contributed by atoms with E-state index >= 15 is 0 Å². The predicted molar refractivity (Wildman–Crippen MR) is 88.7 cm³/mol. The summed E-state index contributed by atoms with van der Waals surface area (Å²) in [6.07, 6.45) is 1.44. The molecule has 0 atom stereocenters. The Bertz CT molecular complexity index is 846. The number of pyridine rings is 1. The van der Waals surface area contributed by atoms with Gasteiger partial charge in [0, 0.05) is 12.3 Å². The van der Waals surface area contributed by atoms with Gasteiger partial charge in [0.1, 0.15) is 17.2 Å². The van der Waals surface area contributed by atoms with Gasteiger partial charge >= 0.3 is 5.69 Å². The van der Waals surface area contributed by atoms with Gasteiger partial charge in [0.25, 0.3) is 5.88 Å². The molecule has 6 nitrogen and oxygen atoms in total. The highest BCUT2D eigenvalue weighted by Gasteiger charge is 2.16. The van der Waals surface area contributed by atoms with Crippen molar-refractivity contribution < 1.29 is 14.4 Å². The van der Waals surface area contributed by atoms with Gasteiger partial charge in [-0.2, -0.15) is 0 Å². The van der Waals surface area contributed by atoms with Crippen molar-refractivity contribution in [3.8, 4) is 23.1 Å². The second-order valence-electron chi connectivity index (χ2n) is 5.07. The zero-order valence-corrected chi connectivity index (χ0v) is 12.9. The molecule has 0 N–H and O–H groups in total. The first-order valence-electron chi connectivity index (χ1n) is 7.24. The van der Waals surface area contributed by atoms with E-state index in [0.717, 1.165) is 11.3 Å². The smallest absolute Gasteiger partial charge is 0.331 e. The second-order valence-corrected chi connectivity index (χ2v) is 5.07. The summed E-state index contributed by atoms with van der Waals surface area (Å²) in [6, 6.07) is 17.3. The fourth-order valence-electron chi connectivity index (χ4n) is 2.03. The summed E-state index contributed by atoms with van der Waals surface area (Å²) in [4.78, 5) is 14.3. The lowest BCUT2D eigenvalue weighted by Crippen LogP contribution is -1.95. The third kappa shape index (κ3) is 3.67. The highest BCUT2D eigenvalue weighted by atomic mass is 16.6. The van der Waals surface area contributed by atoms with Crippen molar-refractivity contribution in [3.05, 3.63) is 82.5 Å². The standard InChI is InChI=1S/C18H14N2O4/c1-13-4-6-14(7-5-13)23-15-8-10-16(11-9-15)24-18-17(20(21)22)3-2-12-19-18/h2-12H,1H3. The highest BCUT2D eigenvalue weighted by Crippen LogP contribution is 2.30. The van der Waals surface area contributed by atoms with Crippen LogP contribution in [0.15, 0.2) is 66.9 Å². The first-order valence-corrected chi connectivity index (χ1v) is 7.24. The van der Waals surface area contributed by atoms with E-state index in [-0.39, 0.29) is 11.6 Å². The fraction of sp³-hybridized carbons (Fsp3) is 0.0556. The second kappa shape index (κ2) is 6.78. The van der Waals surface area contributed by atoms with E-state index in [4.69, 9.17) is 9.47 Å². The van der Waals surface area contributed by atoms with E-state index in [1.807, 2.05) is 31.2 Å². The molecule has 0 fully saturated rings. The van der Waals surface area contributed by atoms with Crippen molar-refractivity contribution in [2.75, 3.05) is 0 Å². The van der Waals surface area contributed by atoms with Gasteiger partial charge in [0.15, 0.2) is 0 Å². The van der Waals surface area contributed by atoms with Crippen molar-refractivity contribution in [3.63, 3.8) is 0 Å². The van der Waals surface area contributed by atoms with E-state index in [9.17, 15) is 10.1 Å². The summed E-state index contributed by atoms with van der Waals surface area (Å²) >= 11 is 0. The Kier molecular flexibility index (Phi) is 4.38. The van der Waals surface area contributed by atoms with Crippen LogP contribution in [0.4, 0.5) is 5.69 Å². The maximum Gasteiger partial charge on any atom is 0.331 e. The van der Waals surface area contributed by atoms with Crippen molar-refractivity contribution >= 4 is 5.69 Å². The molecule has 0 saturated heterocycles. The fourth-order valence-corrected chi connectivity index (χ4v) is 2.03. The topological polar surface area (TPSA) is 74.5 Å². The van der Waals surface area contributed by atoms with E-state index < -0.39 is 4.92 Å². The van der Waals surface area contributed by atoms with Gasteiger partial charge in [-0.25, -0.2) is 4.98 Å². The quantitative estimate of drug-likeness (QED) is 0.494. The molecule has 0 radical (unpaired) electrons. The van der Waals surface area contributed by atoms with Crippen LogP contribution in [0.25, 0.3) is 0 Å². The third-order valence-electron chi connectivity index (χ3n) is 3.24. The van der Waals surface area contributed by atoms with Gasteiger partial charge < -0.3 is 9.47 Å². The number of nitrogens with zero attached hydrogens (tertiary/aromatic N) is 2. The molecule has 3 rings (SSSR count). The average molecular weight is 322 g/mol. The van der Waals surface area contributed by atoms with Crippen LogP contribution in [0.5, 0.6) is 23.1 Å². The molecule has 0 unspecified atom stereocenters. The number of aryl methyl sites for hydroxylation is 1. The number of nitro groups is 1. The summed E-state index contributed by atoms with van der Waals surface area (Å²) in [5, 5.41) is 11.0. The summed E-state index contributed by atoms with van der Waals surface area (Å²) < 4.78 is 11.2. The highest BCUT2D eigenvalue weighted by molar-refractivity contribution is 5.44. The average Bonchev–Trinajstić information content (AvgIpc) is 2.59. The minimum atomic E-state index is -0.531. The monoisotopic (exact) mass is 322 g/mol. The molecule has 1 aromatic heterocycles. The zero-order chi connectivity index (χ0) is 16.9. The SMILES string of the molecule is Cc1ccc(Oc2ccc(Oc3ncccc3[N+](=O)[O-])cc2)cc1. The number of hydrogen-bond donors (Lipinski definition) is 0. The lowest BCUT2D eigenvalue weighted by Gasteiger charge is -2.08. The summed E-state index contributed by atoms with van der Waals surface area (Å²) in [6.45, 7) is 2.01. The first-order chi connectivity index (χ1) is 11.6. The summed E-state index contributed by atoms with van der Waals surface area (Å²) in [7, 11) is 0. The molecule has 0 saturated carbocycles. The minimum Gasteiger partial charge on any atom is -0.457 e. The Hall–Kier alpha value is -3.41. The Morgan fingerprint density at radius 1 is 0.875 bits per heavy atom. The van der Waals surface area contributed by atoms with Crippen LogP contribution < -0.4 is 9.47 Å². The van der Waals surface area contributed by atoms with E-state index in [2.05, 4.69) is 4.98 Å². The van der Waals surface area contributed by atoms with Crippen LogP contribution in [0.1, 0.15) is 5.56 Å². The lowest BCUT2D eigenvalue weighted by atomic mass is 10.2. The lowest BCUT2D eigenvalue weighted by molar-refractivity contribution is -0.386. The first kappa shape index (κ1) is 15.5. The van der Waals surface area contributed by atoms with E-state index in [1.165, 1.54) is 18.3 Å². The molecule has 0 aliphatic heterocycles. The Morgan fingerprint density at radius 3 is 2.00 bits per heavy atom. The van der Waals surface area contributed by atoms with Crippen molar-refractivity contribution in [2.24, 2.45) is 0 Å². The van der Waals surface area contributed by atoms with Crippen molar-refractivity contribution in [2.45, 2.75) is 6.92 Å². The molecule has 0 spiro atoms. The van der Waals surface area contributed by atoms with Gasteiger partial charge in [-0.3, -0.25) is 10.1 Å². The summed E-state index contributed by atoms with van der Waals surface area (Å²) in [5.41, 5.74) is 0.973. The molecule has 0 aliphatic carbocycles. The predicted octanol–water partition coefficient (Wildman–Crippen LogP) is 4.88. The van der Waals surface area contributed by atoms with Gasteiger partial charge in [-0.1, -0.05) is 17.7 Å². The number of hydrogen-bond acceptors (Lipinski definition) is 5. The Balaban J connectivity index is 1.73. The Labute approximate surface area is 138 Å². The number of aromatic nitrogens is 1. The van der Waals surface area contributed by atoms with Gasteiger partial charge in [0.2, 0.25) is 0 Å². The van der Waals surface area contributed by atoms with Gasteiger partial charge in [-0.05, 0) is 49.4 Å². The largest absolute Gasteiger partial charge is 0.457 e. The molecule has 6 heteroatoms. The van der Waals surface area contributed by atoms with Crippen molar-refractivity contribution in [1.29, 1.82) is 0 Å². The van der Waals surface area contributed by atoms with Crippen LogP contribution in [0.2, 0.25) is 0 Å². The van der Waals surface area contributed by atoms with Crippen LogP contribution >= 0.6 is 0 Å². The van der Waals surface area contributed by atoms with Crippen LogP contribution in [0, 0.1) is 17.0 Å². The van der Waals surface area contributed by atoms with Crippen LogP contribution in [0.3, 0.4) is 0 Å². The molecular weight excluding hydrogens is 308 g/mol. The molecule has 0 bridgehead atoms. The van der Waals surface area contributed by atoms with Crippen LogP contribution in [-0.2, 0) is 0 Å². The van der Waals surface area contributed by atoms with E-state index in [1.54, 1.807) is 24.3 Å². The molecule has 3 aromatic rings. The van der Waals surface area contributed by atoms with Gasteiger partial charge in [0.05, 0.1) is 4.92 Å². The summed E-state index contributed by atoms with van der Waals surface area (Å²) in [5.74, 6) is 1.76. The molecule has 1 heterocycles. The molecule has 24 heavy (non-hydrogen) atoms. The number of ether oxygens (including phenoxy) is 2. The maximum atomic E-state index is 11.0. The van der Waals surface area contributed by atoms with Crippen LogP contribution in [-0.4, -0.2) is 9.91 Å².